The number of rotatable bonds is 4. The van der Waals surface area contributed by atoms with Crippen molar-refractivity contribution in [3.05, 3.63) is 0 Å². The highest BCUT2D eigenvalue weighted by Crippen LogP contribution is 2.27. The van der Waals surface area contributed by atoms with Crippen LogP contribution in [0.3, 0.4) is 0 Å². The molecule has 0 aromatic carbocycles. The highest BCUT2D eigenvalue weighted by Gasteiger charge is 2.33. The Labute approximate surface area is 91.8 Å². The third-order valence-electron chi connectivity index (χ3n) is 1.22. The van der Waals surface area contributed by atoms with Gasteiger partial charge in [-0.1, -0.05) is 48.1 Å². The molecule has 0 bridgehead atoms. The van der Waals surface area contributed by atoms with Gasteiger partial charge >= 0.3 is 5.97 Å². The highest BCUT2D eigenvalue weighted by atomic mass is 35.6. The summed E-state index contributed by atoms with van der Waals surface area (Å²) in [6.07, 6.45) is 1.63. The molecule has 6 heteroatoms. The van der Waals surface area contributed by atoms with Crippen molar-refractivity contribution < 1.29 is 9.53 Å². The largest absolute Gasteiger partial charge is 0.461 e. The van der Waals surface area contributed by atoms with Crippen molar-refractivity contribution >= 4 is 46.5 Å². The van der Waals surface area contributed by atoms with Crippen LogP contribution in [0.1, 0.15) is 19.8 Å². The van der Waals surface area contributed by atoms with Gasteiger partial charge in [-0.2, -0.15) is 0 Å². The van der Waals surface area contributed by atoms with Crippen molar-refractivity contribution in [1.82, 2.24) is 0 Å². The molecular formula is C7H10Cl3NO2. The van der Waals surface area contributed by atoms with Crippen LogP contribution in [-0.2, 0) is 9.53 Å². The summed E-state index contributed by atoms with van der Waals surface area (Å²) in [6.45, 7) is 2.20. The van der Waals surface area contributed by atoms with E-state index in [4.69, 9.17) is 40.2 Å². The highest BCUT2D eigenvalue weighted by molar-refractivity contribution is 6.81. The summed E-state index contributed by atoms with van der Waals surface area (Å²) in [6, 6.07) is 0. The maximum atomic E-state index is 11.0. The number of hydrogen-bond donors (Lipinski definition) is 1. The monoisotopic (exact) mass is 245 g/mol. The van der Waals surface area contributed by atoms with Crippen LogP contribution in [0, 0.1) is 5.41 Å². The second-order valence-corrected chi connectivity index (χ2v) is 4.64. The van der Waals surface area contributed by atoms with Crippen molar-refractivity contribution in [2.24, 2.45) is 0 Å². The molecule has 0 atom stereocenters. The first-order valence-corrected chi connectivity index (χ1v) is 4.85. The van der Waals surface area contributed by atoms with Gasteiger partial charge in [-0.05, 0) is 6.42 Å². The predicted octanol–water partition coefficient (Wildman–Crippen LogP) is 2.72. The molecule has 0 fully saturated rings. The number of esters is 1. The van der Waals surface area contributed by atoms with Crippen LogP contribution < -0.4 is 0 Å². The second-order valence-electron chi connectivity index (χ2n) is 2.36. The van der Waals surface area contributed by atoms with Gasteiger partial charge < -0.3 is 4.74 Å². The number of ether oxygens (including phenoxy) is 1. The Morgan fingerprint density at radius 3 is 2.38 bits per heavy atom. The first-order valence-electron chi connectivity index (χ1n) is 3.72. The minimum Gasteiger partial charge on any atom is -0.461 e. The summed E-state index contributed by atoms with van der Waals surface area (Å²) >= 11 is 15.9. The fourth-order valence-electron chi connectivity index (χ4n) is 0.497. The number of carbonyl (C=O) groups excluding carboxylic acids is 1. The Morgan fingerprint density at radius 2 is 2.00 bits per heavy atom. The molecule has 0 saturated heterocycles. The van der Waals surface area contributed by atoms with Crippen LogP contribution in [-0.4, -0.2) is 22.1 Å². The average molecular weight is 247 g/mol. The molecule has 0 aliphatic heterocycles. The molecule has 0 unspecified atom stereocenters. The zero-order chi connectivity index (χ0) is 10.5. The van der Waals surface area contributed by atoms with E-state index in [0.29, 0.717) is 0 Å². The SMILES string of the molecule is CCCCOC(=O)C(=N)C(Cl)(Cl)Cl. The van der Waals surface area contributed by atoms with E-state index in [0.717, 1.165) is 12.8 Å². The van der Waals surface area contributed by atoms with E-state index in [1.165, 1.54) is 0 Å². The van der Waals surface area contributed by atoms with Crippen LogP contribution in [0.2, 0.25) is 0 Å². The van der Waals surface area contributed by atoms with Gasteiger partial charge in [0.05, 0.1) is 6.61 Å². The Hall–Kier alpha value is 0.01000. The normalized spacial score (nSPS) is 11.1. The molecule has 13 heavy (non-hydrogen) atoms. The molecule has 0 spiro atoms. The van der Waals surface area contributed by atoms with E-state index < -0.39 is 15.5 Å². The quantitative estimate of drug-likeness (QED) is 0.359. The van der Waals surface area contributed by atoms with Crippen molar-refractivity contribution in [1.29, 1.82) is 5.41 Å². The van der Waals surface area contributed by atoms with Gasteiger partial charge in [-0.3, -0.25) is 5.41 Å². The molecule has 0 rings (SSSR count). The number of unbranched alkanes of at least 4 members (excludes halogenated alkanes) is 1. The molecule has 0 aliphatic carbocycles. The summed E-state index contributed by atoms with van der Waals surface area (Å²) in [5.74, 6) is -0.881. The number of halogens is 3. The molecule has 0 amide bonds. The van der Waals surface area contributed by atoms with Gasteiger partial charge in [0, 0.05) is 0 Å². The molecular weight excluding hydrogens is 236 g/mol. The van der Waals surface area contributed by atoms with Gasteiger partial charge in [0.2, 0.25) is 3.79 Å². The summed E-state index contributed by atoms with van der Waals surface area (Å²) in [5, 5.41) is 7.11. The van der Waals surface area contributed by atoms with E-state index >= 15 is 0 Å². The third kappa shape index (κ3) is 5.34. The van der Waals surface area contributed by atoms with Crippen molar-refractivity contribution in [2.75, 3.05) is 6.61 Å². The number of carbonyl (C=O) groups is 1. The first-order chi connectivity index (χ1) is 5.89. The smallest absolute Gasteiger partial charge is 0.356 e. The van der Waals surface area contributed by atoms with E-state index in [1.807, 2.05) is 6.92 Å². The topological polar surface area (TPSA) is 50.2 Å². The van der Waals surface area contributed by atoms with E-state index in [2.05, 4.69) is 4.74 Å². The fourth-order valence-corrected chi connectivity index (χ4v) is 0.729. The third-order valence-corrected chi connectivity index (χ3v) is 1.79. The summed E-state index contributed by atoms with van der Waals surface area (Å²) < 4.78 is 2.66. The van der Waals surface area contributed by atoms with Gasteiger partial charge in [-0.25, -0.2) is 4.79 Å². The fraction of sp³-hybridized carbons (Fsp3) is 0.714. The molecule has 3 nitrogen and oxygen atoms in total. The maximum Gasteiger partial charge on any atom is 0.356 e. The van der Waals surface area contributed by atoms with Crippen molar-refractivity contribution in [3.63, 3.8) is 0 Å². The second kappa shape index (κ2) is 5.68. The van der Waals surface area contributed by atoms with Gasteiger partial charge in [0.1, 0.15) is 0 Å². The Morgan fingerprint density at radius 1 is 1.46 bits per heavy atom. The lowest BCUT2D eigenvalue weighted by Gasteiger charge is -2.11. The number of hydrogen-bond acceptors (Lipinski definition) is 3. The van der Waals surface area contributed by atoms with Crippen LogP contribution in [0.5, 0.6) is 0 Å². The molecule has 0 aliphatic rings. The van der Waals surface area contributed by atoms with Gasteiger partial charge in [0.25, 0.3) is 0 Å². The van der Waals surface area contributed by atoms with Crippen molar-refractivity contribution in [2.45, 2.75) is 23.6 Å². The van der Waals surface area contributed by atoms with Crippen LogP contribution in [0.15, 0.2) is 0 Å². The lowest BCUT2D eigenvalue weighted by atomic mass is 10.3. The molecule has 76 valence electrons. The summed E-state index contributed by atoms with van der Waals surface area (Å²) in [7, 11) is 0. The van der Waals surface area contributed by atoms with Gasteiger partial charge in [0.15, 0.2) is 5.71 Å². The maximum absolute atomic E-state index is 11.0. The van der Waals surface area contributed by atoms with Crippen LogP contribution in [0.25, 0.3) is 0 Å². The molecule has 0 heterocycles. The molecule has 0 saturated carbocycles. The zero-order valence-corrected chi connectivity index (χ0v) is 9.34. The van der Waals surface area contributed by atoms with Crippen LogP contribution in [0.4, 0.5) is 0 Å². The standard InChI is InChI=1S/C7H10Cl3NO2/c1-2-3-4-13-6(12)5(11)7(8,9)10/h11H,2-4H2,1H3. The van der Waals surface area contributed by atoms with Gasteiger partial charge in [-0.15, -0.1) is 0 Å². The summed E-state index contributed by atoms with van der Waals surface area (Å²) in [5.41, 5.74) is -0.659. The Balaban J connectivity index is 3.92. The Bertz CT molecular complexity index is 200. The van der Waals surface area contributed by atoms with E-state index in [9.17, 15) is 4.79 Å². The Kier molecular flexibility index (Phi) is 5.68. The lowest BCUT2D eigenvalue weighted by Crippen LogP contribution is -2.29. The van der Waals surface area contributed by atoms with Crippen LogP contribution >= 0.6 is 34.8 Å². The molecule has 1 N–H and O–H groups in total. The van der Waals surface area contributed by atoms with E-state index in [-0.39, 0.29) is 6.61 Å². The molecule has 0 aromatic heterocycles. The first kappa shape index (κ1) is 13.0. The minimum absolute atomic E-state index is 0.248. The number of alkyl halides is 3. The van der Waals surface area contributed by atoms with E-state index in [1.54, 1.807) is 0 Å². The molecule has 0 aromatic rings. The molecule has 0 radical (unpaired) electrons. The van der Waals surface area contributed by atoms with Crippen molar-refractivity contribution in [3.8, 4) is 0 Å². The minimum atomic E-state index is -2.00. The number of nitrogens with one attached hydrogen (secondary N) is 1. The predicted molar refractivity (Wildman–Crippen MR) is 53.9 cm³/mol. The lowest BCUT2D eigenvalue weighted by molar-refractivity contribution is -0.135. The zero-order valence-electron chi connectivity index (χ0n) is 7.07. The summed E-state index contributed by atoms with van der Waals surface area (Å²) in [4.78, 5) is 11.0. The average Bonchev–Trinajstić information content (AvgIpc) is 2.01.